The van der Waals surface area contributed by atoms with Crippen molar-refractivity contribution in [1.82, 2.24) is 20.0 Å². The first-order valence-corrected chi connectivity index (χ1v) is 10.9. The standard InChI is InChI=1S/C23H15ClIN5O/c24-18-10-4-14(12-19(18)25)26-20-2-1-3-21-17(20)9-11-22(27-21)23-13-30(29-28-23)15-5-7-16(31)8-6-15/h1-13,26,31H. The third kappa shape index (κ3) is 4.06. The van der Waals surface area contributed by atoms with Gasteiger partial charge >= 0.3 is 0 Å². The number of nitrogens with one attached hydrogen (secondary N) is 1. The summed E-state index contributed by atoms with van der Waals surface area (Å²) in [5.41, 5.74) is 4.98. The zero-order valence-corrected chi connectivity index (χ0v) is 18.9. The molecule has 8 heteroatoms. The molecule has 0 unspecified atom stereocenters. The molecule has 3 aromatic carbocycles. The van der Waals surface area contributed by atoms with E-state index in [9.17, 15) is 5.11 Å². The molecule has 5 rings (SSSR count). The number of benzene rings is 3. The maximum Gasteiger partial charge on any atom is 0.131 e. The van der Waals surface area contributed by atoms with Crippen molar-refractivity contribution in [3.63, 3.8) is 0 Å². The Labute approximate surface area is 196 Å². The normalized spacial score (nSPS) is 11.0. The van der Waals surface area contributed by atoms with Gasteiger partial charge in [-0.05, 0) is 89.3 Å². The molecule has 0 spiro atoms. The van der Waals surface area contributed by atoms with Crippen LogP contribution in [0.15, 0.2) is 79.0 Å². The number of phenols is 1. The molecule has 5 aromatic rings. The first-order valence-electron chi connectivity index (χ1n) is 9.41. The van der Waals surface area contributed by atoms with Crippen molar-refractivity contribution in [2.75, 3.05) is 5.32 Å². The van der Waals surface area contributed by atoms with E-state index in [-0.39, 0.29) is 5.75 Å². The number of rotatable bonds is 4. The predicted octanol–water partition coefficient (Wildman–Crippen LogP) is 6.19. The number of hydrogen-bond acceptors (Lipinski definition) is 5. The quantitative estimate of drug-likeness (QED) is 0.266. The summed E-state index contributed by atoms with van der Waals surface area (Å²) in [5, 5.41) is 23.1. The molecular weight excluding hydrogens is 525 g/mol. The van der Waals surface area contributed by atoms with Crippen molar-refractivity contribution >= 4 is 56.5 Å². The van der Waals surface area contributed by atoms with E-state index in [4.69, 9.17) is 16.6 Å². The SMILES string of the molecule is Oc1ccc(-n2cc(-c3ccc4c(Nc5ccc(Cl)c(I)c5)cccc4n3)nn2)cc1. The second-order valence-corrected chi connectivity index (χ2v) is 8.46. The third-order valence-corrected chi connectivity index (χ3v) is 6.34. The average Bonchev–Trinajstić information content (AvgIpc) is 3.27. The van der Waals surface area contributed by atoms with Crippen LogP contribution in [0.2, 0.25) is 5.02 Å². The molecule has 0 aliphatic carbocycles. The molecule has 2 N–H and O–H groups in total. The van der Waals surface area contributed by atoms with Crippen LogP contribution in [0.4, 0.5) is 11.4 Å². The van der Waals surface area contributed by atoms with Gasteiger partial charge in [0.05, 0.1) is 28.1 Å². The van der Waals surface area contributed by atoms with E-state index >= 15 is 0 Å². The number of phenolic OH excluding ortho intramolecular Hbond substituents is 1. The average molecular weight is 540 g/mol. The van der Waals surface area contributed by atoms with Gasteiger partial charge in [-0.1, -0.05) is 22.9 Å². The monoisotopic (exact) mass is 539 g/mol. The van der Waals surface area contributed by atoms with Gasteiger partial charge in [-0.2, -0.15) is 0 Å². The fraction of sp³-hybridized carbons (Fsp3) is 0. The van der Waals surface area contributed by atoms with Gasteiger partial charge in [-0.25, -0.2) is 9.67 Å². The topological polar surface area (TPSA) is 75.9 Å². The number of halogens is 2. The second kappa shape index (κ2) is 8.16. The molecule has 0 fully saturated rings. The van der Waals surface area contributed by atoms with Crippen LogP contribution in [0, 0.1) is 3.57 Å². The van der Waals surface area contributed by atoms with Crippen LogP contribution >= 0.6 is 34.2 Å². The van der Waals surface area contributed by atoms with Crippen LogP contribution in [-0.4, -0.2) is 25.1 Å². The summed E-state index contributed by atoms with van der Waals surface area (Å²) in [7, 11) is 0. The third-order valence-electron chi connectivity index (χ3n) is 4.80. The van der Waals surface area contributed by atoms with E-state index in [1.54, 1.807) is 28.9 Å². The van der Waals surface area contributed by atoms with Crippen molar-refractivity contribution in [1.29, 1.82) is 0 Å². The highest BCUT2D eigenvalue weighted by molar-refractivity contribution is 14.1. The highest BCUT2D eigenvalue weighted by atomic mass is 127. The number of aromatic hydroxyl groups is 1. The maximum atomic E-state index is 9.46. The molecule has 31 heavy (non-hydrogen) atoms. The van der Waals surface area contributed by atoms with Crippen LogP contribution < -0.4 is 5.32 Å². The Bertz CT molecular complexity index is 1400. The fourth-order valence-electron chi connectivity index (χ4n) is 3.25. The van der Waals surface area contributed by atoms with E-state index in [0.717, 1.165) is 42.3 Å². The molecule has 0 amide bonds. The summed E-state index contributed by atoms with van der Waals surface area (Å²) in [5.74, 6) is 0.206. The number of aromatic nitrogens is 4. The molecular formula is C23H15ClIN5O. The summed E-state index contributed by atoms with van der Waals surface area (Å²) >= 11 is 8.35. The molecule has 0 radical (unpaired) electrons. The van der Waals surface area contributed by atoms with Gasteiger partial charge in [0.15, 0.2) is 0 Å². The lowest BCUT2D eigenvalue weighted by Gasteiger charge is -2.11. The van der Waals surface area contributed by atoms with Crippen molar-refractivity contribution in [3.8, 4) is 22.8 Å². The van der Waals surface area contributed by atoms with E-state index in [0.29, 0.717) is 5.69 Å². The van der Waals surface area contributed by atoms with Gasteiger partial charge < -0.3 is 10.4 Å². The summed E-state index contributed by atoms with van der Waals surface area (Å²) < 4.78 is 2.64. The van der Waals surface area contributed by atoms with Crippen molar-refractivity contribution < 1.29 is 5.11 Å². The van der Waals surface area contributed by atoms with Crippen LogP contribution in [0.3, 0.4) is 0 Å². The largest absolute Gasteiger partial charge is 0.508 e. The molecule has 6 nitrogen and oxygen atoms in total. The zero-order valence-electron chi connectivity index (χ0n) is 16.0. The molecule has 0 saturated carbocycles. The van der Waals surface area contributed by atoms with E-state index < -0.39 is 0 Å². The Morgan fingerprint density at radius 2 is 1.77 bits per heavy atom. The van der Waals surface area contributed by atoms with Gasteiger partial charge in [0, 0.05) is 20.3 Å². The van der Waals surface area contributed by atoms with Gasteiger partial charge in [0.25, 0.3) is 0 Å². The summed E-state index contributed by atoms with van der Waals surface area (Å²) in [6.07, 6.45) is 1.82. The first kappa shape index (κ1) is 19.8. The minimum absolute atomic E-state index is 0.206. The Kier molecular flexibility index (Phi) is 5.21. The Balaban J connectivity index is 1.47. The number of hydrogen-bond donors (Lipinski definition) is 2. The van der Waals surface area contributed by atoms with E-state index in [2.05, 4.69) is 38.2 Å². The fourth-order valence-corrected chi connectivity index (χ4v) is 3.88. The highest BCUT2D eigenvalue weighted by Crippen LogP contribution is 2.30. The van der Waals surface area contributed by atoms with Crippen molar-refractivity contribution in [2.45, 2.75) is 0 Å². The van der Waals surface area contributed by atoms with Crippen LogP contribution in [0.5, 0.6) is 5.75 Å². The van der Waals surface area contributed by atoms with E-state index in [1.165, 1.54) is 0 Å². The molecule has 2 heterocycles. The summed E-state index contributed by atoms with van der Waals surface area (Å²) in [6.45, 7) is 0. The maximum absolute atomic E-state index is 9.46. The molecule has 0 aliphatic heterocycles. The Hall–Kier alpha value is -3.17. The number of pyridine rings is 1. The number of nitrogens with zero attached hydrogens (tertiary/aromatic N) is 4. The van der Waals surface area contributed by atoms with Crippen LogP contribution in [-0.2, 0) is 0 Å². The summed E-state index contributed by atoms with van der Waals surface area (Å²) in [6, 6.07) is 22.5. The van der Waals surface area contributed by atoms with Crippen molar-refractivity contribution in [2.24, 2.45) is 0 Å². The molecule has 0 saturated heterocycles. The molecule has 152 valence electrons. The lowest BCUT2D eigenvalue weighted by molar-refractivity contribution is 0.475. The van der Waals surface area contributed by atoms with E-state index in [1.807, 2.05) is 54.7 Å². The Morgan fingerprint density at radius 3 is 2.58 bits per heavy atom. The number of fused-ring (bicyclic) bond motifs is 1. The highest BCUT2D eigenvalue weighted by Gasteiger charge is 2.10. The lowest BCUT2D eigenvalue weighted by Crippen LogP contribution is -1.94. The lowest BCUT2D eigenvalue weighted by atomic mass is 10.1. The van der Waals surface area contributed by atoms with Gasteiger partial charge in [0.2, 0.25) is 0 Å². The molecule has 0 aliphatic rings. The van der Waals surface area contributed by atoms with Crippen molar-refractivity contribution in [3.05, 3.63) is 87.6 Å². The number of anilines is 2. The minimum Gasteiger partial charge on any atom is -0.508 e. The Morgan fingerprint density at radius 1 is 0.935 bits per heavy atom. The van der Waals surface area contributed by atoms with Gasteiger partial charge in [-0.15, -0.1) is 5.10 Å². The predicted molar refractivity (Wildman–Crippen MR) is 131 cm³/mol. The zero-order chi connectivity index (χ0) is 21.4. The van der Waals surface area contributed by atoms with Crippen LogP contribution in [0.25, 0.3) is 28.0 Å². The first-order chi connectivity index (χ1) is 15.1. The molecule has 0 atom stereocenters. The van der Waals surface area contributed by atoms with Gasteiger partial charge in [0.1, 0.15) is 11.4 Å². The molecule has 2 aromatic heterocycles. The van der Waals surface area contributed by atoms with Gasteiger partial charge in [-0.3, -0.25) is 0 Å². The summed E-state index contributed by atoms with van der Waals surface area (Å²) in [4.78, 5) is 4.78. The molecule has 0 bridgehead atoms. The smallest absolute Gasteiger partial charge is 0.131 e. The van der Waals surface area contributed by atoms with Crippen LogP contribution in [0.1, 0.15) is 0 Å². The minimum atomic E-state index is 0.206. The second-order valence-electron chi connectivity index (χ2n) is 6.89.